The molecule has 4 heteroatoms. The van der Waals surface area contributed by atoms with E-state index in [0.717, 1.165) is 29.8 Å². The van der Waals surface area contributed by atoms with Gasteiger partial charge in [0.2, 0.25) is 5.91 Å². The fourth-order valence-corrected chi connectivity index (χ4v) is 3.15. The van der Waals surface area contributed by atoms with E-state index in [4.69, 9.17) is 0 Å². The van der Waals surface area contributed by atoms with E-state index >= 15 is 0 Å². The molecule has 118 valence electrons. The zero-order chi connectivity index (χ0) is 15.9. The molecule has 0 saturated heterocycles. The average molecular weight is 291 g/mol. The van der Waals surface area contributed by atoms with Gasteiger partial charge in [0.25, 0.3) is 0 Å². The molecule has 2 atom stereocenters. The largest absolute Gasteiger partial charge is 0.336 e. The lowest BCUT2D eigenvalue weighted by molar-refractivity contribution is -0.136. The molecule has 0 aromatic carbocycles. The Bertz CT molecular complexity index is 528. The zero-order valence-corrected chi connectivity index (χ0v) is 14.5. The van der Waals surface area contributed by atoms with Crippen molar-refractivity contribution in [3.8, 4) is 0 Å². The molecule has 0 N–H and O–H groups in total. The van der Waals surface area contributed by atoms with Crippen LogP contribution in [0.15, 0.2) is 0 Å². The van der Waals surface area contributed by atoms with Crippen LogP contribution in [0, 0.1) is 19.8 Å². The predicted octanol–water partition coefficient (Wildman–Crippen LogP) is 3.18. The normalized spacial score (nSPS) is 17.9. The van der Waals surface area contributed by atoms with Crippen LogP contribution in [-0.2, 0) is 11.8 Å². The van der Waals surface area contributed by atoms with Crippen molar-refractivity contribution in [3.05, 3.63) is 17.0 Å². The van der Waals surface area contributed by atoms with Crippen LogP contribution in [-0.4, -0.2) is 32.7 Å². The van der Waals surface area contributed by atoms with Crippen molar-refractivity contribution in [2.75, 3.05) is 0 Å². The van der Waals surface area contributed by atoms with Crippen LogP contribution in [0.4, 0.5) is 0 Å². The van der Waals surface area contributed by atoms with Gasteiger partial charge in [-0.2, -0.15) is 5.10 Å². The van der Waals surface area contributed by atoms with Gasteiger partial charge >= 0.3 is 0 Å². The van der Waals surface area contributed by atoms with Crippen molar-refractivity contribution in [3.63, 3.8) is 0 Å². The summed E-state index contributed by atoms with van der Waals surface area (Å²) in [7, 11) is 1.94. The van der Waals surface area contributed by atoms with Crippen molar-refractivity contribution in [1.29, 1.82) is 0 Å². The van der Waals surface area contributed by atoms with Crippen LogP contribution in [0.25, 0.3) is 0 Å². The van der Waals surface area contributed by atoms with E-state index in [2.05, 4.69) is 30.8 Å². The topological polar surface area (TPSA) is 38.1 Å². The van der Waals surface area contributed by atoms with E-state index < -0.39 is 0 Å². The Morgan fingerprint density at radius 1 is 1.24 bits per heavy atom. The maximum atomic E-state index is 13.1. The molecule has 1 aromatic heterocycles. The molecule has 1 amide bonds. The molecular formula is C17H29N3O. The third kappa shape index (κ3) is 2.99. The molecule has 1 aromatic rings. The summed E-state index contributed by atoms with van der Waals surface area (Å²) < 4.78 is 1.88. The third-order valence-electron chi connectivity index (χ3n) is 4.97. The van der Waals surface area contributed by atoms with Gasteiger partial charge in [0.15, 0.2) is 0 Å². The van der Waals surface area contributed by atoms with Crippen LogP contribution in [0.1, 0.15) is 63.4 Å². The first kappa shape index (κ1) is 16.1. The highest BCUT2D eigenvalue weighted by Gasteiger charge is 2.39. The van der Waals surface area contributed by atoms with E-state index in [9.17, 15) is 4.79 Å². The summed E-state index contributed by atoms with van der Waals surface area (Å²) in [6.45, 7) is 12.6. The molecule has 0 unspecified atom stereocenters. The molecule has 4 nitrogen and oxygen atoms in total. The Hall–Kier alpha value is -1.32. The second-order valence-corrected chi connectivity index (χ2v) is 6.89. The van der Waals surface area contributed by atoms with Crippen molar-refractivity contribution < 1.29 is 4.79 Å². The summed E-state index contributed by atoms with van der Waals surface area (Å²) in [6.07, 6.45) is 2.31. The number of aromatic nitrogens is 2. The van der Waals surface area contributed by atoms with Gasteiger partial charge < -0.3 is 4.90 Å². The maximum Gasteiger partial charge on any atom is 0.230 e. The summed E-state index contributed by atoms with van der Waals surface area (Å²) in [5, 5.41) is 4.46. The molecule has 0 bridgehead atoms. The highest BCUT2D eigenvalue weighted by molar-refractivity contribution is 5.84. The molecule has 0 radical (unpaired) electrons. The number of aryl methyl sites for hydroxylation is 2. The standard InChI is InChI=1S/C17H29N3O/c1-10(2)13(5)20(15-8-9-15)17(21)11(3)16-12(4)18-19(7)14(16)6/h10-11,13,15H,8-9H2,1-7H3/t11-,13-/m1/s1. The second-order valence-electron chi connectivity index (χ2n) is 6.89. The molecule has 1 fully saturated rings. The predicted molar refractivity (Wildman–Crippen MR) is 85.3 cm³/mol. The molecule has 1 aliphatic carbocycles. The van der Waals surface area contributed by atoms with E-state index in [1.54, 1.807) is 0 Å². The Kier molecular flexibility index (Phi) is 4.45. The number of amides is 1. The number of rotatable bonds is 5. The van der Waals surface area contributed by atoms with E-state index in [1.807, 2.05) is 32.5 Å². The number of carbonyl (C=O) groups excluding carboxylic acids is 1. The zero-order valence-electron chi connectivity index (χ0n) is 14.5. The Morgan fingerprint density at radius 3 is 2.19 bits per heavy atom. The quantitative estimate of drug-likeness (QED) is 0.835. The summed E-state index contributed by atoms with van der Waals surface area (Å²) in [5.41, 5.74) is 3.18. The molecule has 1 aliphatic rings. The van der Waals surface area contributed by atoms with Gasteiger partial charge in [-0.05, 0) is 46.5 Å². The van der Waals surface area contributed by atoms with Crippen molar-refractivity contribution in [2.45, 2.75) is 72.4 Å². The lowest BCUT2D eigenvalue weighted by Gasteiger charge is -2.34. The van der Waals surface area contributed by atoms with E-state index in [0.29, 0.717) is 18.0 Å². The van der Waals surface area contributed by atoms with Gasteiger partial charge in [-0.25, -0.2) is 0 Å². The van der Waals surface area contributed by atoms with Crippen molar-refractivity contribution >= 4 is 5.91 Å². The fourth-order valence-electron chi connectivity index (χ4n) is 3.15. The SMILES string of the molecule is Cc1nn(C)c(C)c1[C@@H](C)C(=O)N(C1CC1)[C@H](C)C(C)C. The first-order chi connectivity index (χ1) is 9.75. The van der Waals surface area contributed by atoms with Gasteiger partial charge in [-0.1, -0.05) is 13.8 Å². The van der Waals surface area contributed by atoms with Crippen LogP contribution >= 0.6 is 0 Å². The summed E-state index contributed by atoms with van der Waals surface area (Å²) in [5.74, 6) is 0.635. The second kappa shape index (κ2) is 5.82. The highest BCUT2D eigenvalue weighted by atomic mass is 16.2. The minimum atomic E-state index is -0.111. The number of nitrogens with zero attached hydrogens (tertiary/aromatic N) is 3. The minimum Gasteiger partial charge on any atom is -0.336 e. The van der Waals surface area contributed by atoms with E-state index in [-0.39, 0.29) is 11.8 Å². The van der Waals surface area contributed by atoms with Crippen molar-refractivity contribution in [2.24, 2.45) is 13.0 Å². The number of hydrogen-bond acceptors (Lipinski definition) is 2. The molecule has 0 spiro atoms. The molecule has 1 saturated carbocycles. The first-order valence-corrected chi connectivity index (χ1v) is 8.08. The molecule has 1 heterocycles. The van der Waals surface area contributed by atoms with Gasteiger partial charge in [-0.3, -0.25) is 9.48 Å². The van der Waals surface area contributed by atoms with E-state index in [1.165, 1.54) is 0 Å². The summed E-state index contributed by atoms with van der Waals surface area (Å²) in [4.78, 5) is 15.2. The third-order valence-corrected chi connectivity index (χ3v) is 4.97. The number of carbonyl (C=O) groups is 1. The lowest BCUT2D eigenvalue weighted by atomic mass is 9.95. The Balaban J connectivity index is 2.28. The average Bonchev–Trinajstić information content (AvgIpc) is 3.18. The minimum absolute atomic E-state index is 0.111. The van der Waals surface area contributed by atoms with Crippen LogP contribution in [0.3, 0.4) is 0 Å². The van der Waals surface area contributed by atoms with Gasteiger partial charge in [-0.15, -0.1) is 0 Å². The maximum absolute atomic E-state index is 13.1. The molecule has 21 heavy (non-hydrogen) atoms. The van der Waals surface area contributed by atoms with Crippen molar-refractivity contribution in [1.82, 2.24) is 14.7 Å². The van der Waals surface area contributed by atoms with Crippen LogP contribution < -0.4 is 0 Å². The highest BCUT2D eigenvalue weighted by Crippen LogP contribution is 2.34. The summed E-state index contributed by atoms with van der Waals surface area (Å²) in [6, 6.07) is 0.749. The van der Waals surface area contributed by atoms with Gasteiger partial charge in [0.05, 0.1) is 11.6 Å². The lowest BCUT2D eigenvalue weighted by Crippen LogP contribution is -2.45. The van der Waals surface area contributed by atoms with Crippen LogP contribution in [0.2, 0.25) is 0 Å². The molecular weight excluding hydrogens is 262 g/mol. The molecule has 2 rings (SSSR count). The van der Waals surface area contributed by atoms with Gasteiger partial charge in [0.1, 0.15) is 0 Å². The number of hydrogen-bond donors (Lipinski definition) is 0. The Morgan fingerprint density at radius 2 is 1.81 bits per heavy atom. The monoisotopic (exact) mass is 291 g/mol. The van der Waals surface area contributed by atoms with Crippen LogP contribution in [0.5, 0.6) is 0 Å². The summed E-state index contributed by atoms with van der Waals surface area (Å²) >= 11 is 0. The smallest absolute Gasteiger partial charge is 0.230 e. The first-order valence-electron chi connectivity index (χ1n) is 8.08. The Labute approximate surface area is 128 Å². The van der Waals surface area contributed by atoms with Gasteiger partial charge in [0, 0.05) is 30.4 Å². The fraction of sp³-hybridized carbons (Fsp3) is 0.765. The molecule has 0 aliphatic heterocycles.